The molecule has 0 bridgehead atoms. The van der Waals surface area contributed by atoms with E-state index >= 15 is 0 Å². The van der Waals surface area contributed by atoms with Crippen molar-refractivity contribution in [1.29, 1.82) is 0 Å². The third kappa shape index (κ3) is 1.94. The smallest absolute Gasteiger partial charge is 0.233 e. The van der Waals surface area contributed by atoms with Crippen LogP contribution in [0.2, 0.25) is 5.15 Å². The number of halogens is 2. The van der Waals surface area contributed by atoms with Gasteiger partial charge in [-0.1, -0.05) is 11.6 Å². The normalized spacial score (nSPS) is 9.73. The van der Waals surface area contributed by atoms with Crippen molar-refractivity contribution in [1.82, 2.24) is 9.97 Å². The predicted octanol–water partition coefficient (Wildman–Crippen LogP) is 1.88. The Hall–Kier alpha value is -0.540. The Bertz CT molecular complexity index is 254. The number of methoxy groups -OCH3 is 1. The van der Waals surface area contributed by atoms with Crippen LogP contribution in [0.15, 0.2) is 6.20 Å². The monoisotopic (exact) mass is 192 g/mol. The fourth-order valence-electron chi connectivity index (χ4n) is 0.565. The van der Waals surface area contributed by atoms with Crippen LogP contribution >= 0.6 is 23.2 Å². The van der Waals surface area contributed by atoms with Gasteiger partial charge >= 0.3 is 0 Å². The van der Waals surface area contributed by atoms with Crippen molar-refractivity contribution in [3.63, 3.8) is 0 Å². The minimum Gasteiger partial charge on any atom is -0.480 e. The van der Waals surface area contributed by atoms with E-state index in [1.54, 1.807) is 0 Å². The Balaban J connectivity index is 2.99. The molecule has 0 fully saturated rings. The number of aromatic nitrogens is 2. The first kappa shape index (κ1) is 8.56. The third-order valence-electron chi connectivity index (χ3n) is 1.11. The highest BCUT2D eigenvalue weighted by molar-refractivity contribution is 6.30. The first-order chi connectivity index (χ1) is 5.27. The van der Waals surface area contributed by atoms with Gasteiger partial charge in [0.2, 0.25) is 5.88 Å². The van der Waals surface area contributed by atoms with Crippen molar-refractivity contribution in [3.8, 4) is 5.88 Å². The first-order valence-corrected chi connectivity index (χ1v) is 3.80. The zero-order valence-corrected chi connectivity index (χ0v) is 7.35. The lowest BCUT2D eigenvalue weighted by Crippen LogP contribution is -1.93. The molecule has 0 spiro atoms. The van der Waals surface area contributed by atoms with Crippen LogP contribution in [0.25, 0.3) is 0 Å². The van der Waals surface area contributed by atoms with Crippen LogP contribution < -0.4 is 4.74 Å². The molecular weight excluding hydrogens is 187 g/mol. The second-order valence-electron chi connectivity index (χ2n) is 1.78. The zero-order chi connectivity index (χ0) is 8.27. The van der Waals surface area contributed by atoms with E-state index in [9.17, 15) is 0 Å². The molecule has 1 aromatic rings. The molecule has 11 heavy (non-hydrogen) atoms. The summed E-state index contributed by atoms with van der Waals surface area (Å²) in [7, 11) is 1.50. The van der Waals surface area contributed by atoms with Gasteiger partial charge in [0.05, 0.1) is 24.9 Å². The summed E-state index contributed by atoms with van der Waals surface area (Å²) in [6.45, 7) is 0. The molecule has 1 rings (SSSR count). The fraction of sp³-hybridized carbons (Fsp3) is 0.333. The number of rotatable bonds is 2. The van der Waals surface area contributed by atoms with E-state index in [-0.39, 0.29) is 5.88 Å². The molecule has 0 amide bonds. The molecule has 0 aliphatic rings. The van der Waals surface area contributed by atoms with Gasteiger partial charge in [0.1, 0.15) is 0 Å². The average Bonchev–Trinajstić information content (AvgIpc) is 2.04. The maximum atomic E-state index is 5.67. The van der Waals surface area contributed by atoms with Gasteiger partial charge in [-0.05, 0) is 0 Å². The third-order valence-corrected chi connectivity index (χ3v) is 1.67. The van der Waals surface area contributed by atoms with Crippen LogP contribution in [0.4, 0.5) is 0 Å². The van der Waals surface area contributed by atoms with Gasteiger partial charge < -0.3 is 4.74 Å². The van der Waals surface area contributed by atoms with Gasteiger partial charge in [0.25, 0.3) is 0 Å². The second-order valence-corrected chi connectivity index (χ2v) is 2.41. The summed E-state index contributed by atoms with van der Waals surface area (Å²) in [5.41, 5.74) is 0.564. The van der Waals surface area contributed by atoms with Crippen LogP contribution in [0, 0.1) is 0 Å². The lowest BCUT2D eigenvalue weighted by molar-refractivity contribution is 0.395. The van der Waals surface area contributed by atoms with Gasteiger partial charge in [0, 0.05) is 0 Å². The van der Waals surface area contributed by atoms with E-state index in [1.807, 2.05) is 0 Å². The molecule has 0 aliphatic carbocycles. The molecule has 3 nitrogen and oxygen atoms in total. The van der Waals surface area contributed by atoms with Gasteiger partial charge in [0.15, 0.2) is 5.15 Å². The largest absolute Gasteiger partial charge is 0.480 e. The molecule has 0 N–H and O–H groups in total. The first-order valence-electron chi connectivity index (χ1n) is 2.89. The van der Waals surface area contributed by atoms with Gasteiger partial charge in [-0.2, -0.15) is 4.98 Å². The summed E-state index contributed by atoms with van der Waals surface area (Å²) in [5.74, 6) is 0.652. The summed E-state index contributed by atoms with van der Waals surface area (Å²) < 4.78 is 4.79. The van der Waals surface area contributed by atoms with Gasteiger partial charge in [-0.25, -0.2) is 0 Å². The number of hydrogen-bond acceptors (Lipinski definition) is 3. The lowest BCUT2D eigenvalue weighted by Gasteiger charge is -2.00. The van der Waals surface area contributed by atoms with E-state index in [2.05, 4.69) is 9.97 Å². The van der Waals surface area contributed by atoms with E-state index < -0.39 is 0 Å². The Kier molecular flexibility index (Phi) is 2.91. The van der Waals surface area contributed by atoms with Crippen LogP contribution in [0.5, 0.6) is 5.88 Å². The van der Waals surface area contributed by atoms with Gasteiger partial charge in [-0.3, -0.25) is 4.98 Å². The topological polar surface area (TPSA) is 35.0 Å². The minimum absolute atomic E-state index is 0.260. The minimum atomic E-state index is 0.260. The van der Waals surface area contributed by atoms with Crippen molar-refractivity contribution in [2.45, 2.75) is 5.88 Å². The molecule has 5 heteroatoms. The summed E-state index contributed by atoms with van der Waals surface area (Å²) in [4.78, 5) is 7.77. The molecule has 0 saturated heterocycles. The van der Waals surface area contributed by atoms with Crippen molar-refractivity contribution in [2.24, 2.45) is 0 Å². The van der Waals surface area contributed by atoms with Crippen LogP contribution in [0.1, 0.15) is 5.69 Å². The molecule has 0 aliphatic heterocycles. The quantitative estimate of drug-likeness (QED) is 0.672. The summed E-state index contributed by atoms with van der Waals surface area (Å²) in [5, 5.41) is 0.291. The summed E-state index contributed by atoms with van der Waals surface area (Å²) in [6.07, 6.45) is 1.48. The number of alkyl halides is 1. The molecule has 0 atom stereocenters. The van der Waals surface area contributed by atoms with Gasteiger partial charge in [-0.15, -0.1) is 11.6 Å². The van der Waals surface area contributed by atoms with E-state index in [4.69, 9.17) is 27.9 Å². The molecule has 0 radical (unpaired) electrons. The SMILES string of the molecule is COc1cnc(CCl)c(Cl)n1. The maximum absolute atomic E-state index is 5.67. The maximum Gasteiger partial charge on any atom is 0.233 e. The number of hydrogen-bond donors (Lipinski definition) is 0. The molecular formula is C6H6Cl2N2O. The van der Waals surface area contributed by atoms with Crippen LogP contribution in [0.3, 0.4) is 0 Å². The number of nitrogens with zero attached hydrogens (tertiary/aromatic N) is 2. The highest BCUT2D eigenvalue weighted by Gasteiger charge is 2.02. The van der Waals surface area contributed by atoms with Crippen molar-refractivity contribution in [2.75, 3.05) is 7.11 Å². The molecule has 0 saturated carbocycles. The Labute approximate surface area is 74.3 Å². The summed E-state index contributed by atoms with van der Waals surface area (Å²) >= 11 is 11.2. The Morgan fingerprint density at radius 3 is 2.82 bits per heavy atom. The summed E-state index contributed by atoms with van der Waals surface area (Å²) in [6, 6.07) is 0. The van der Waals surface area contributed by atoms with Crippen molar-refractivity contribution in [3.05, 3.63) is 17.0 Å². The average molecular weight is 193 g/mol. The molecule has 0 unspecified atom stereocenters. The van der Waals surface area contributed by atoms with Crippen LogP contribution in [-0.2, 0) is 5.88 Å². The Morgan fingerprint density at radius 2 is 2.36 bits per heavy atom. The predicted molar refractivity (Wildman–Crippen MR) is 43.2 cm³/mol. The van der Waals surface area contributed by atoms with E-state index in [1.165, 1.54) is 13.3 Å². The second kappa shape index (κ2) is 3.74. The van der Waals surface area contributed by atoms with E-state index in [0.29, 0.717) is 16.7 Å². The van der Waals surface area contributed by atoms with Crippen molar-refractivity contribution < 1.29 is 4.74 Å². The highest BCUT2D eigenvalue weighted by atomic mass is 35.5. The Morgan fingerprint density at radius 1 is 1.64 bits per heavy atom. The molecule has 60 valence electrons. The molecule has 1 heterocycles. The standard InChI is InChI=1S/C6H6Cl2N2O/c1-11-5-3-9-4(2-7)6(8)10-5/h3H,2H2,1H3. The fourth-order valence-corrected chi connectivity index (χ4v) is 1.03. The number of ether oxygens (including phenoxy) is 1. The lowest BCUT2D eigenvalue weighted by atomic mass is 10.5. The zero-order valence-electron chi connectivity index (χ0n) is 5.84. The molecule has 0 aromatic carbocycles. The highest BCUT2D eigenvalue weighted by Crippen LogP contribution is 2.15. The molecule has 1 aromatic heterocycles. The van der Waals surface area contributed by atoms with E-state index in [0.717, 1.165) is 0 Å². The van der Waals surface area contributed by atoms with Crippen molar-refractivity contribution >= 4 is 23.2 Å². The van der Waals surface area contributed by atoms with Crippen LogP contribution in [-0.4, -0.2) is 17.1 Å².